The van der Waals surface area contributed by atoms with Gasteiger partial charge in [-0.3, -0.25) is 0 Å². The van der Waals surface area contributed by atoms with Gasteiger partial charge in [0, 0.05) is 36.2 Å². The van der Waals surface area contributed by atoms with E-state index >= 15 is 0 Å². The summed E-state index contributed by atoms with van der Waals surface area (Å²) in [6.45, 7) is 3.50. The van der Waals surface area contributed by atoms with E-state index in [1.54, 1.807) is 7.11 Å². The number of thioether (sulfide) groups is 1. The Balaban J connectivity index is 1.56. The molecule has 2 N–H and O–H groups in total. The van der Waals surface area contributed by atoms with Crippen molar-refractivity contribution in [2.75, 3.05) is 19.9 Å². The Labute approximate surface area is 177 Å². The van der Waals surface area contributed by atoms with Crippen LogP contribution in [0.3, 0.4) is 0 Å². The zero-order chi connectivity index (χ0) is 20.5. The van der Waals surface area contributed by atoms with E-state index in [9.17, 15) is 0 Å². The topological polar surface area (TPSA) is 67.8 Å². The monoisotopic (exact) mass is 414 g/mol. The Kier molecular flexibility index (Phi) is 8.04. The Hall–Kier alpha value is -2.41. The van der Waals surface area contributed by atoms with Gasteiger partial charge in [-0.25, -0.2) is 9.98 Å². The van der Waals surface area contributed by atoms with Crippen molar-refractivity contribution in [1.29, 1.82) is 0 Å². The van der Waals surface area contributed by atoms with Gasteiger partial charge in [0.1, 0.15) is 11.5 Å². The van der Waals surface area contributed by atoms with E-state index in [1.165, 1.54) is 19.3 Å². The predicted octanol–water partition coefficient (Wildman–Crippen LogP) is 4.22. The van der Waals surface area contributed by atoms with Crippen LogP contribution in [0.15, 0.2) is 47.6 Å². The van der Waals surface area contributed by atoms with Gasteiger partial charge in [-0.2, -0.15) is 11.8 Å². The highest BCUT2D eigenvalue weighted by molar-refractivity contribution is 7.99. The summed E-state index contributed by atoms with van der Waals surface area (Å²) in [5, 5.41) is 7.68. The third-order valence-corrected chi connectivity index (χ3v) is 5.98. The van der Waals surface area contributed by atoms with Crippen molar-refractivity contribution >= 4 is 17.7 Å². The van der Waals surface area contributed by atoms with E-state index in [0.717, 1.165) is 29.1 Å². The van der Waals surface area contributed by atoms with Crippen molar-refractivity contribution < 1.29 is 9.47 Å². The first kappa shape index (κ1) is 21.3. The van der Waals surface area contributed by atoms with Crippen LogP contribution in [-0.4, -0.2) is 42.1 Å². The first-order chi connectivity index (χ1) is 14.2. The van der Waals surface area contributed by atoms with Gasteiger partial charge in [-0.1, -0.05) is 12.1 Å². The van der Waals surface area contributed by atoms with Crippen LogP contribution in [0, 0.1) is 0 Å². The van der Waals surface area contributed by atoms with Crippen molar-refractivity contribution in [1.82, 2.24) is 15.6 Å². The fraction of sp³-hybridized carbons (Fsp3) is 0.455. The number of nitrogens with zero attached hydrogens (tertiary/aromatic N) is 2. The molecule has 0 bridgehead atoms. The number of aromatic nitrogens is 1. The smallest absolute Gasteiger partial charge is 0.219 e. The second kappa shape index (κ2) is 11.0. The zero-order valence-corrected chi connectivity index (χ0v) is 18.2. The van der Waals surface area contributed by atoms with E-state index in [1.807, 2.05) is 54.4 Å². The molecular formula is C22H30N4O2S. The number of hydrogen-bond acceptors (Lipinski definition) is 5. The van der Waals surface area contributed by atoms with Crippen LogP contribution < -0.4 is 20.1 Å². The van der Waals surface area contributed by atoms with Gasteiger partial charge in [0.05, 0.1) is 13.7 Å². The standard InChI is InChI=1S/C22H30N4O2S/c1-4-23-22(26-17-9-10-20(12-17)29-3)25-15-16-8-11-21(24-14-16)28-19-7-5-6-18(13-19)27-2/h5-8,11,13-14,17,20H,4,9-10,12,15H2,1-3H3,(H2,23,25,26). The lowest BCUT2D eigenvalue weighted by Crippen LogP contribution is -2.42. The molecule has 0 radical (unpaired) electrons. The molecule has 1 aliphatic carbocycles. The highest BCUT2D eigenvalue weighted by Gasteiger charge is 2.24. The minimum atomic E-state index is 0.502. The van der Waals surface area contributed by atoms with E-state index in [-0.39, 0.29) is 0 Å². The van der Waals surface area contributed by atoms with Crippen molar-refractivity contribution in [3.05, 3.63) is 48.2 Å². The van der Waals surface area contributed by atoms with Gasteiger partial charge < -0.3 is 20.1 Å². The predicted molar refractivity (Wildman–Crippen MR) is 120 cm³/mol. The van der Waals surface area contributed by atoms with Gasteiger partial charge in [0.2, 0.25) is 5.88 Å². The molecule has 0 spiro atoms. The van der Waals surface area contributed by atoms with Crippen LogP contribution in [0.25, 0.3) is 0 Å². The Bertz CT molecular complexity index is 798. The average molecular weight is 415 g/mol. The largest absolute Gasteiger partial charge is 0.497 e. The molecule has 3 rings (SSSR count). The summed E-state index contributed by atoms with van der Waals surface area (Å²) in [6.07, 6.45) is 7.68. The minimum Gasteiger partial charge on any atom is -0.497 e. The van der Waals surface area contributed by atoms with E-state index in [4.69, 9.17) is 14.5 Å². The van der Waals surface area contributed by atoms with Crippen LogP contribution in [0.5, 0.6) is 17.4 Å². The second-order valence-corrected chi connectivity index (χ2v) is 8.13. The molecule has 2 aromatic rings. The van der Waals surface area contributed by atoms with Crippen LogP contribution in [0.1, 0.15) is 31.7 Å². The molecule has 0 amide bonds. The first-order valence-corrected chi connectivity index (χ1v) is 11.3. The summed E-state index contributed by atoms with van der Waals surface area (Å²) in [5.74, 6) is 2.87. The third kappa shape index (κ3) is 6.56. The molecule has 1 fully saturated rings. The molecule has 1 saturated carbocycles. The maximum atomic E-state index is 5.80. The fourth-order valence-corrected chi connectivity index (χ4v) is 4.12. The fourth-order valence-electron chi connectivity index (χ4n) is 3.32. The highest BCUT2D eigenvalue weighted by Crippen LogP contribution is 2.28. The summed E-state index contributed by atoms with van der Waals surface area (Å²) in [5.41, 5.74) is 1.04. The number of nitrogens with one attached hydrogen (secondary N) is 2. The lowest BCUT2D eigenvalue weighted by Gasteiger charge is -2.17. The van der Waals surface area contributed by atoms with Crippen molar-refractivity contribution in [3.8, 4) is 17.4 Å². The van der Waals surface area contributed by atoms with Crippen LogP contribution in [0.2, 0.25) is 0 Å². The number of ether oxygens (including phenoxy) is 2. The summed E-state index contributed by atoms with van der Waals surface area (Å²) in [7, 11) is 1.64. The molecule has 0 aliphatic heterocycles. The van der Waals surface area contributed by atoms with Crippen molar-refractivity contribution in [3.63, 3.8) is 0 Å². The van der Waals surface area contributed by atoms with E-state index in [0.29, 0.717) is 24.2 Å². The number of pyridine rings is 1. The molecular weight excluding hydrogens is 384 g/mol. The highest BCUT2D eigenvalue weighted by atomic mass is 32.2. The molecule has 2 unspecified atom stereocenters. The molecule has 1 aromatic carbocycles. The minimum absolute atomic E-state index is 0.502. The Morgan fingerprint density at radius 2 is 2.10 bits per heavy atom. The molecule has 1 heterocycles. The molecule has 6 nitrogen and oxygen atoms in total. The van der Waals surface area contributed by atoms with E-state index in [2.05, 4.69) is 28.8 Å². The number of hydrogen-bond donors (Lipinski definition) is 2. The number of rotatable bonds is 8. The summed E-state index contributed by atoms with van der Waals surface area (Å²) in [6, 6.07) is 11.8. The van der Waals surface area contributed by atoms with Gasteiger partial charge in [0.25, 0.3) is 0 Å². The molecule has 1 aliphatic rings. The lowest BCUT2D eigenvalue weighted by atomic mass is 10.2. The normalized spacial score (nSPS) is 19.1. The molecule has 7 heteroatoms. The van der Waals surface area contributed by atoms with Crippen molar-refractivity contribution in [2.45, 2.75) is 44.0 Å². The van der Waals surface area contributed by atoms with Crippen LogP contribution in [-0.2, 0) is 6.54 Å². The Morgan fingerprint density at radius 3 is 2.79 bits per heavy atom. The molecule has 0 saturated heterocycles. The summed E-state index contributed by atoms with van der Waals surface area (Å²) in [4.78, 5) is 9.13. The zero-order valence-electron chi connectivity index (χ0n) is 17.4. The Morgan fingerprint density at radius 1 is 1.24 bits per heavy atom. The second-order valence-electron chi connectivity index (χ2n) is 6.99. The number of aliphatic imine (C=N–C) groups is 1. The van der Waals surface area contributed by atoms with Crippen LogP contribution >= 0.6 is 11.8 Å². The molecule has 29 heavy (non-hydrogen) atoms. The molecule has 1 aromatic heterocycles. The third-order valence-electron chi connectivity index (χ3n) is 4.88. The number of methoxy groups -OCH3 is 1. The van der Waals surface area contributed by atoms with Gasteiger partial charge >= 0.3 is 0 Å². The summed E-state index contributed by atoms with van der Waals surface area (Å²) >= 11 is 1.96. The van der Waals surface area contributed by atoms with Gasteiger partial charge in [-0.15, -0.1) is 0 Å². The average Bonchev–Trinajstić information content (AvgIpc) is 3.21. The molecule has 156 valence electrons. The lowest BCUT2D eigenvalue weighted by molar-refractivity contribution is 0.407. The number of benzene rings is 1. The van der Waals surface area contributed by atoms with Gasteiger partial charge in [-0.05, 0) is 50.1 Å². The van der Waals surface area contributed by atoms with Crippen LogP contribution in [0.4, 0.5) is 0 Å². The maximum Gasteiger partial charge on any atom is 0.219 e. The van der Waals surface area contributed by atoms with Gasteiger partial charge in [0.15, 0.2) is 5.96 Å². The summed E-state index contributed by atoms with van der Waals surface area (Å²) < 4.78 is 11.0. The quantitative estimate of drug-likeness (QED) is 0.498. The first-order valence-electron chi connectivity index (χ1n) is 10.0. The van der Waals surface area contributed by atoms with Crippen molar-refractivity contribution in [2.24, 2.45) is 4.99 Å². The molecule has 2 atom stereocenters. The van der Waals surface area contributed by atoms with E-state index < -0.39 is 0 Å². The maximum absolute atomic E-state index is 5.80. The number of guanidine groups is 1. The SMILES string of the molecule is CCNC(=NCc1ccc(Oc2cccc(OC)c2)nc1)NC1CCC(SC)C1.